The summed E-state index contributed by atoms with van der Waals surface area (Å²) in [5, 5.41) is 9.06. The maximum atomic E-state index is 9.06. The van der Waals surface area contributed by atoms with E-state index in [1.165, 1.54) is 0 Å². The third-order valence-corrected chi connectivity index (χ3v) is 2.87. The van der Waals surface area contributed by atoms with E-state index in [1.54, 1.807) is 7.11 Å². The Bertz CT molecular complexity index is 314. The summed E-state index contributed by atoms with van der Waals surface area (Å²) in [7, 11) is 1.65. The number of hydrogen-bond donors (Lipinski definition) is 2. The Morgan fingerprint density at radius 1 is 1.40 bits per heavy atom. The van der Waals surface area contributed by atoms with Crippen molar-refractivity contribution in [3.8, 4) is 5.75 Å². The molecule has 0 saturated carbocycles. The SMILES string of the molecule is COc1ccccc1C(C)(CN)CCO. The number of hydrogen-bond acceptors (Lipinski definition) is 3. The van der Waals surface area contributed by atoms with Crippen LogP contribution in [0.15, 0.2) is 24.3 Å². The van der Waals surface area contributed by atoms with Crippen LogP contribution in [0.25, 0.3) is 0 Å². The van der Waals surface area contributed by atoms with E-state index in [-0.39, 0.29) is 12.0 Å². The van der Waals surface area contributed by atoms with E-state index in [4.69, 9.17) is 15.6 Å². The largest absolute Gasteiger partial charge is 0.496 e. The monoisotopic (exact) mass is 209 g/mol. The molecule has 0 aliphatic heterocycles. The van der Waals surface area contributed by atoms with Gasteiger partial charge < -0.3 is 15.6 Å². The molecule has 1 aromatic rings. The number of methoxy groups -OCH3 is 1. The standard InChI is InChI=1S/C12H19NO2/c1-12(9-13,7-8-14)10-5-3-4-6-11(10)15-2/h3-6,14H,7-9,13H2,1-2H3. The second kappa shape index (κ2) is 5.14. The Morgan fingerprint density at radius 3 is 2.60 bits per heavy atom. The molecule has 15 heavy (non-hydrogen) atoms. The number of ether oxygens (including phenoxy) is 1. The lowest BCUT2D eigenvalue weighted by Gasteiger charge is -2.29. The van der Waals surface area contributed by atoms with Gasteiger partial charge in [0.2, 0.25) is 0 Å². The highest BCUT2D eigenvalue weighted by Crippen LogP contribution is 2.33. The van der Waals surface area contributed by atoms with Gasteiger partial charge in [-0.15, -0.1) is 0 Å². The summed E-state index contributed by atoms with van der Waals surface area (Å²) in [6.07, 6.45) is 0.643. The first-order chi connectivity index (χ1) is 7.18. The van der Waals surface area contributed by atoms with E-state index in [1.807, 2.05) is 31.2 Å². The lowest BCUT2D eigenvalue weighted by atomic mass is 9.79. The predicted molar refractivity (Wildman–Crippen MR) is 61.1 cm³/mol. The fourth-order valence-corrected chi connectivity index (χ4v) is 1.74. The highest BCUT2D eigenvalue weighted by atomic mass is 16.5. The molecule has 1 rings (SSSR count). The first-order valence-electron chi connectivity index (χ1n) is 5.12. The summed E-state index contributed by atoms with van der Waals surface area (Å²) in [5.41, 5.74) is 6.62. The maximum Gasteiger partial charge on any atom is 0.122 e. The van der Waals surface area contributed by atoms with Crippen molar-refractivity contribution < 1.29 is 9.84 Å². The highest BCUT2D eigenvalue weighted by molar-refractivity contribution is 5.39. The molecule has 0 aliphatic carbocycles. The van der Waals surface area contributed by atoms with Crippen LogP contribution in [0.4, 0.5) is 0 Å². The molecule has 0 fully saturated rings. The zero-order chi connectivity index (χ0) is 11.3. The van der Waals surface area contributed by atoms with Crippen molar-refractivity contribution in [2.45, 2.75) is 18.8 Å². The minimum absolute atomic E-state index is 0.131. The third-order valence-electron chi connectivity index (χ3n) is 2.87. The Hall–Kier alpha value is -1.06. The number of aliphatic hydroxyl groups excluding tert-OH is 1. The second-order valence-electron chi connectivity index (χ2n) is 3.94. The molecule has 0 heterocycles. The fraction of sp³-hybridized carbons (Fsp3) is 0.500. The van der Waals surface area contributed by atoms with E-state index in [0.717, 1.165) is 11.3 Å². The average molecular weight is 209 g/mol. The van der Waals surface area contributed by atoms with Gasteiger partial charge in [0, 0.05) is 24.1 Å². The Kier molecular flexibility index (Phi) is 4.12. The molecule has 1 atom stereocenters. The van der Waals surface area contributed by atoms with Crippen molar-refractivity contribution in [3.63, 3.8) is 0 Å². The van der Waals surface area contributed by atoms with Crippen LogP contribution >= 0.6 is 0 Å². The van der Waals surface area contributed by atoms with Gasteiger partial charge >= 0.3 is 0 Å². The quantitative estimate of drug-likeness (QED) is 0.768. The Morgan fingerprint density at radius 2 is 2.07 bits per heavy atom. The molecule has 0 amide bonds. The fourth-order valence-electron chi connectivity index (χ4n) is 1.74. The molecule has 84 valence electrons. The lowest BCUT2D eigenvalue weighted by Crippen LogP contribution is -2.33. The van der Waals surface area contributed by atoms with Crippen LogP contribution in [0.5, 0.6) is 5.75 Å². The van der Waals surface area contributed by atoms with Gasteiger partial charge in [0.25, 0.3) is 0 Å². The lowest BCUT2D eigenvalue weighted by molar-refractivity contribution is 0.244. The molecule has 3 N–H and O–H groups in total. The van der Waals surface area contributed by atoms with Crippen molar-refractivity contribution in [2.24, 2.45) is 5.73 Å². The summed E-state index contributed by atoms with van der Waals surface area (Å²) in [6, 6.07) is 7.81. The summed E-state index contributed by atoms with van der Waals surface area (Å²) in [5.74, 6) is 0.832. The normalized spacial score (nSPS) is 14.7. The molecule has 0 aliphatic rings. The molecule has 1 unspecified atom stereocenters. The number of nitrogens with two attached hydrogens (primary N) is 1. The van der Waals surface area contributed by atoms with E-state index in [9.17, 15) is 0 Å². The molecule has 0 bridgehead atoms. The molecule has 0 radical (unpaired) electrons. The molecular formula is C12H19NO2. The van der Waals surface area contributed by atoms with Crippen LogP contribution in [-0.4, -0.2) is 25.4 Å². The summed E-state index contributed by atoms with van der Waals surface area (Å²) >= 11 is 0. The van der Waals surface area contributed by atoms with Crippen molar-refractivity contribution in [1.29, 1.82) is 0 Å². The van der Waals surface area contributed by atoms with Gasteiger partial charge in [-0.3, -0.25) is 0 Å². The van der Waals surface area contributed by atoms with Gasteiger partial charge in [-0.25, -0.2) is 0 Å². The van der Waals surface area contributed by atoms with E-state index in [2.05, 4.69) is 0 Å². The summed E-state index contributed by atoms with van der Waals surface area (Å²) < 4.78 is 5.30. The number of benzene rings is 1. The van der Waals surface area contributed by atoms with E-state index >= 15 is 0 Å². The first-order valence-corrected chi connectivity index (χ1v) is 5.12. The van der Waals surface area contributed by atoms with Crippen LogP contribution in [0.3, 0.4) is 0 Å². The molecule has 1 aromatic carbocycles. The molecular weight excluding hydrogens is 190 g/mol. The van der Waals surface area contributed by atoms with Crippen LogP contribution < -0.4 is 10.5 Å². The van der Waals surface area contributed by atoms with Crippen molar-refractivity contribution >= 4 is 0 Å². The average Bonchev–Trinajstić information content (AvgIpc) is 2.29. The number of para-hydroxylation sites is 1. The minimum Gasteiger partial charge on any atom is -0.496 e. The number of rotatable bonds is 5. The molecule has 0 saturated heterocycles. The molecule has 0 aromatic heterocycles. The Labute approximate surface area is 90.9 Å². The van der Waals surface area contributed by atoms with Crippen molar-refractivity contribution in [2.75, 3.05) is 20.3 Å². The van der Waals surface area contributed by atoms with Gasteiger partial charge in [-0.1, -0.05) is 25.1 Å². The zero-order valence-electron chi connectivity index (χ0n) is 9.36. The zero-order valence-corrected chi connectivity index (χ0v) is 9.36. The number of aliphatic hydroxyl groups is 1. The van der Waals surface area contributed by atoms with Gasteiger partial charge in [0.05, 0.1) is 7.11 Å². The second-order valence-corrected chi connectivity index (χ2v) is 3.94. The van der Waals surface area contributed by atoms with Crippen molar-refractivity contribution in [1.82, 2.24) is 0 Å². The summed E-state index contributed by atoms with van der Waals surface area (Å²) in [6.45, 7) is 2.67. The predicted octanol–water partition coefficient (Wildman–Crippen LogP) is 1.29. The third kappa shape index (κ3) is 2.49. The van der Waals surface area contributed by atoms with E-state index in [0.29, 0.717) is 13.0 Å². The molecule has 3 heteroatoms. The van der Waals surface area contributed by atoms with E-state index < -0.39 is 0 Å². The molecule has 0 spiro atoms. The smallest absolute Gasteiger partial charge is 0.122 e. The minimum atomic E-state index is -0.221. The van der Waals surface area contributed by atoms with Crippen LogP contribution in [0.2, 0.25) is 0 Å². The van der Waals surface area contributed by atoms with Crippen LogP contribution in [-0.2, 0) is 5.41 Å². The van der Waals surface area contributed by atoms with Crippen LogP contribution in [0, 0.1) is 0 Å². The topological polar surface area (TPSA) is 55.5 Å². The van der Waals surface area contributed by atoms with Gasteiger partial charge in [0.1, 0.15) is 5.75 Å². The Balaban J connectivity index is 3.10. The maximum absolute atomic E-state index is 9.06. The highest BCUT2D eigenvalue weighted by Gasteiger charge is 2.27. The van der Waals surface area contributed by atoms with Crippen LogP contribution in [0.1, 0.15) is 18.9 Å². The van der Waals surface area contributed by atoms with Gasteiger partial charge in [-0.2, -0.15) is 0 Å². The first kappa shape index (κ1) is 12.0. The van der Waals surface area contributed by atoms with Gasteiger partial charge in [0.15, 0.2) is 0 Å². The molecule has 3 nitrogen and oxygen atoms in total. The van der Waals surface area contributed by atoms with Gasteiger partial charge in [-0.05, 0) is 12.5 Å². The summed E-state index contributed by atoms with van der Waals surface area (Å²) in [4.78, 5) is 0. The van der Waals surface area contributed by atoms with Crippen molar-refractivity contribution in [3.05, 3.63) is 29.8 Å².